The first kappa shape index (κ1) is 10.2. The third kappa shape index (κ3) is 2.83. The van der Waals surface area contributed by atoms with Gasteiger partial charge in [-0.05, 0) is 6.42 Å². The molecule has 0 heterocycles. The van der Waals surface area contributed by atoms with Gasteiger partial charge in [0.1, 0.15) is 5.21 Å². The molecule has 0 aromatic rings. The van der Waals surface area contributed by atoms with Crippen molar-refractivity contribution < 1.29 is 13.6 Å². The van der Waals surface area contributed by atoms with E-state index in [0.29, 0.717) is 6.42 Å². The number of hydrogen-bond acceptors (Lipinski definition) is 3. The zero-order chi connectivity index (χ0) is 8.20. The van der Waals surface area contributed by atoms with Crippen molar-refractivity contribution in [2.24, 2.45) is 0 Å². The molecule has 0 rings (SSSR count). The van der Waals surface area contributed by atoms with Gasteiger partial charge in [-0.15, -0.1) is 11.6 Å². The average Bonchev–Trinajstić information content (AvgIpc) is 1.89. The number of alkyl halides is 1. The second-order valence-corrected chi connectivity index (χ2v) is 4.22. The Kier molecular flexibility index (Phi) is 4.19. The first-order chi connectivity index (χ1) is 4.54. The van der Waals surface area contributed by atoms with E-state index in [0.717, 1.165) is 0 Å². The van der Waals surface area contributed by atoms with Crippen LogP contribution >= 0.6 is 11.6 Å². The molecule has 1 N–H and O–H groups in total. The summed E-state index contributed by atoms with van der Waals surface area (Å²) in [6.07, 6.45) is 0.562. The van der Waals surface area contributed by atoms with E-state index in [2.05, 4.69) is 0 Å². The second kappa shape index (κ2) is 4.12. The Morgan fingerprint density at radius 3 is 2.40 bits per heavy atom. The monoisotopic (exact) mass is 187 g/mol. The smallest absolute Gasteiger partial charge is 0.249 e. The van der Waals surface area contributed by atoms with Crippen LogP contribution in [0, 0.1) is 0 Å². The lowest BCUT2D eigenvalue weighted by molar-refractivity contribution is 0.00415. The van der Waals surface area contributed by atoms with Gasteiger partial charge in [0.05, 0.1) is 0 Å². The lowest BCUT2D eigenvalue weighted by Gasteiger charge is -2.10. The molecule has 6 heteroatoms. The molecule has 0 aliphatic carbocycles. The summed E-state index contributed by atoms with van der Waals surface area (Å²) in [5.74, 6) is 0. The summed E-state index contributed by atoms with van der Waals surface area (Å²) in [6.45, 7) is 1.85. The molecule has 10 heavy (non-hydrogen) atoms. The number of hydrogen-bond donors (Lipinski definition) is 1. The molecule has 0 aliphatic heterocycles. The van der Waals surface area contributed by atoms with E-state index >= 15 is 0 Å². The maximum atomic E-state index is 10.6. The van der Waals surface area contributed by atoms with Gasteiger partial charge in [-0.1, -0.05) is 11.4 Å². The SMILES string of the molecule is CCCN(O)S(=O)(=O)CCl. The standard InChI is InChI=1S/C4H10ClNO3S/c1-2-3-6(7)10(8,9)4-5/h7H,2-4H2,1H3. The van der Waals surface area contributed by atoms with Crippen molar-refractivity contribution in [1.82, 2.24) is 4.47 Å². The largest absolute Gasteiger partial charge is 0.299 e. The van der Waals surface area contributed by atoms with Crippen LogP contribution in [0.25, 0.3) is 0 Å². The Morgan fingerprint density at radius 1 is 1.60 bits per heavy atom. The minimum absolute atomic E-state index is 0.0923. The van der Waals surface area contributed by atoms with Crippen molar-refractivity contribution >= 4 is 21.6 Å². The Labute approximate surface area is 65.4 Å². The van der Waals surface area contributed by atoms with Gasteiger partial charge in [0.25, 0.3) is 0 Å². The molecule has 0 aromatic heterocycles. The summed E-state index contributed by atoms with van der Waals surface area (Å²) in [7, 11) is -3.61. The molecule has 0 amide bonds. The van der Waals surface area contributed by atoms with Crippen molar-refractivity contribution in [1.29, 1.82) is 0 Å². The zero-order valence-corrected chi connectivity index (χ0v) is 7.19. The number of rotatable bonds is 4. The van der Waals surface area contributed by atoms with Gasteiger partial charge in [0.2, 0.25) is 10.0 Å². The number of sulfonamides is 1. The Balaban J connectivity index is 4.06. The maximum Gasteiger partial charge on any atom is 0.249 e. The van der Waals surface area contributed by atoms with Gasteiger partial charge in [-0.2, -0.15) is 0 Å². The normalized spacial score (nSPS) is 12.4. The molecule has 62 valence electrons. The van der Waals surface area contributed by atoms with Crippen molar-refractivity contribution in [3.8, 4) is 0 Å². The van der Waals surface area contributed by atoms with Gasteiger partial charge in [0, 0.05) is 6.54 Å². The highest BCUT2D eigenvalue weighted by Crippen LogP contribution is 1.99. The number of halogens is 1. The van der Waals surface area contributed by atoms with Crippen LogP contribution in [-0.4, -0.2) is 29.9 Å². The van der Waals surface area contributed by atoms with E-state index in [1.165, 1.54) is 0 Å². The quantitative estimate of drug-likeness (QED) is 0.519. The fourth-order valence-electron chi connectivity index (χ4n) is 0.387. The summed E-state index contributed by atoms with van der Waals surface area (Å²) < 4.78 is 21.5. The van der Waals surface area contributed by atoms with Crippen LogP contribution in [0.1, 0.15) is 13.3 Å². The highest BCUT2D eigenvalue weighted by atomic mass is 35.5. The predicted octanol–water partition coefficient (Wildman–Crippen LogP) is 0.614. The predicted molar refractivity (Wildman–Crippen MR) is 38.4 cm³/mol. The van der Waals surface area contributed by atoms with E-state index in [9.17, 15) is 8.42 Å². The van der Waals surface area contributed by atoms with E-state index in [1.54, 1.807) is 6.92 Å². The Bertz CT molecular complexity index is 179. The topological polar surface area (TPSA) is 57.6 Å². The fourth-order valence-corrected chi connectivity index (χ4v) is 1.30. The second-order valence-electron chi connectivity index (χ2n) is 1.77. The third-order valence-electron chi connectivity index (χ3n) is 0.874. The molecule has 0 atom stereocenters. The van der Waals surface area contributed by atoms with E-state index < -0.39 is 15.2 Å². The van der Waals surface area contributed by atoms with E-state index in [1.807, 2.05) is 0 Å². The molecule has 0 aromatic carbocycles. The highest BCUT2D eigenvalue weighted by Gasteiger charge is 2.16. The fraction of sp³-hybridized carbons (Fsp3) is 1.00. The number of hydroxylamine groups is 1. The Hall–Kier alpha value is 0.160. The average molecular weight is 188 g/mol. The van der Waals surface area contributed by atoms with Gasteiger partial charge < -0.3 is 0 Å². The van der Waals surface area contributed by atoms with Crippen LogP contribution in [0.2, 0.25) is 0 Å². The van der Waals surface area contributed by atoms with Gasteiger partial charge in [0.15, 0.2) is 0 Å². The van der Waals surface area contributed by atoms with Gasteiger partial charge in [-0.25, -0.2) is 8.42 Å². The van der Waals surface area contributed by atoms with Gasteiger partial charge >= 0.3 is 0 Å². The van der Waals surface area contributed by atoms with Crippen molar-refractivity contribution in [3.05, 3.63) is 0 Å². The molecular formula is C4H10ClNO3S. The first-order valence-electron chi connectivity index (χ1n) is 2.80. The molecule has 0 fully saturated rings. The minimum atomic E-state index is -3.61. The van der Waals surface area contributed by atoms with E-state index in [4.69, 9.17) is 16.8 Å². The van der Waals surface area contributed by atoms with Crippen LogP contribution in [0.15, 0.2) is 0 Å². The molecule has 0 radical (unpaired) electrons. The molecule has 0 saturated carbocycles. The van der Waals surface area contributed by atoms with Crippen LogP contribution in [0.3, 0.4) is 0 Å². The van der Waals surface area contributed by atoms with Crippen LogP contribution in [0.5, 0.6) is 0 Å². The maximum absolute atomic E-state index is 10.6. The highest BCUT2D eigenvalue weighted by molar-refractivity contribution is 7.90. The van der Waals surface area contributed by atoms with Crippen molar-refractivity contribution in [3.63, 3.8) is 0 Å². The summed E-state index contributed by atoms with van der Waals surface area (Å²) in [6, 6.07) is 0. The molecule has 0 spiro atoms. The summed E-state index contributed by atoms with van der Waals surface area (Å²) in [5.41, 5.74) is 0. The van der Waals surface area contributed by atoms with Crippen LogP contribution in [0.4, 0.5) is 0 Å². The van der Waals surface area contributed by atoms with Crippen molar-refractivity contribution in [2.45, 2.75) is 13.3 Å². The van der Waals surface area contributed by atoms with Crippen molar-refractivity contribution in [2.75, 3.05) is 11.8 Å². The molecule has 0 saturated heterocycles. The first-order valence-corrected chi connectivity index (χ1v) is 4.94. The molecule has 4 nitrogen and oxygen atoms in total. The molecule has 0 aliphatic rings. The third-order valence-corrected chi connectivity index (χ3v) is 2.80. The lowest BCUT2D eigenvalue weighted by atomic mass is 10.5. The molecule has 0 unspecified atom stereocenters. The van der Waals surface area contributed by atoms with Crippen LogP contribution < -0.4 is 0 Å². The molecular weight excluding hydrogens is 178 g/mol. The molecule has 0 bridgehead atoms. The van der Waals surface area contributed by atoms with E-state index in [-0.39, 0.29) is 11.0 Å². The minimum Gasteiger partial charge on any atom is -0.299 e. The summed E-state index contributed by atoms with van der Waals surface area (Å²) in [5, 5.41) is 8.16. The summed E-state index contributed by atoms with van der Waals surface area (Å²) in [4.78, 5) is 0. The Morgan fingerprint density at radius 2 is 2.10 bits per heavy atom. The number of nitrogens with zero attached hydrogens (tertiary/aromatic N) is 1. The van der Waals surface area contributed by atoms with Crippen LogP contribution in [-0.2, 0) is 10.0 Å². The zero-order valence-electron chi connectivity index (χ0n) is 5.62. The summed E-state index contributed by atoms with van der Waals surface area (Å²) >= 11 is 5.03. The lowest BCUT2D eigenvalue weighted by Crippen LogP contribution is -2.28. The van der Waals surface area contributed by atoms with Gasteiger partial charge in [-0.3, -0.25) is 5.21 Å².